The van der Waals surface area contributed by atoms with Gasteiger partial charge in [0.2, 0.25) is 11.8 Å². The summed E-state index contributed by atoms with van der Waals surface area (Å²) < 4.78 is 6.87. The van der Waals surface area contributed by atoms with E-state index in [1.165, 1.54) is 0 Å². The van der Waals surface area contributed by atoms with Gasteiger partial charge in [-0.2, -0.15) is 5.10 Å². The molecule has 1 aliphatic heterocycles. The first-order chi connectivity index (χ1) is 18.0. The van der Waals surface area contributed by atoms with Crippen molar-refractivity contribution in [1.82, 2.24) is 24.8 Å². The topological polar surface area (TPSA) is 106 Å². The predicted molar refractivity (Wildman–Crippen MR) is 139 cm³/mol. The molecule has 5 rings (SSSR count). The van der Waals surface area contributed by atoms with Gasteiger partial charge in [-0.25, -0.2) is 0 Å². The average molecular weight is 497 g/mol. The van der Waals surface area contributed by atoms with Crippen LogP contribution in [0, 0.1) is 12.8 Å². The molecule has 0 saturated carbocycles. The SMILES string of the molecule is Cc1cc(NC(=O)C2CCN(C(=O)/C=C/c3cn(Cc4ccccc4)nc3-c3cccnc3)CC2)no1. The van der Waals surface area contributed by atoms with Crippen LogP contribution in [0.5, 0.6) is 0 Å². The summed E-state index contributed by atoms with van der Waals surface area (Å²) >= 11 is 0. The first-order valence-corrected chi connectivity index (χ1v) is 12.3. The highest BCUT2D eigenvalue weighted by Crippen LogP contribution is 2.24. The Morgan fingerprint density at radius 1 is 1.14 bits per heavy atom. The third-order valence-electron chi connectivity index (χ3n) is 6.37. The van der Waals surface area contributed by atoms with E-state index < -0.39 is 0 Å². The highest BCUT2D eigenvalue weighted by Gasteiger charge is 2.27. The number of nitrogens with zero attached hydrogens (tertiary/aromatic N) is 5. The lowest BCUT2D eigenvalue weighted by Gasteiger charge is -2.30. The quantitative estimate of drug-likeness (QED) is 0.385. The van der Waals surface area contributed by atoms with Crippen molar-refractivity contribution in [2.75, 3.05) is 18.4 Å². The number of aryl methyl sites for hydroxylation is 1. The second kappa shape index (κ2) is 11.0. The zero-order valence-corrected chi connectivity index (χ0v) is 20.6. The van der Waals surface area contributed by atoms with Crippen molar-refractivity contribution in [3.05, 3.63) is 90.1 Å². The number of aromatic nitrogens is 4. The summed E-state index contributed by atoms with van der Waals surface area (Å²) in [5, 5.41) is 11.4. The van der Waals surface area contributed by atoms with Gasteiger partial charge < -0.3 is 14.7 Å². The molecule has 1 fully saturated rings. The van der Waals surface area contributed by atoms with Crippen LogP contribution in [0.1, 0.15) is 29.7 Å². The maximum absolute atomic E-state index is 13.0. The Hall–Kier alpha value is -4.53. The molecule has 37 heavy (non-hydrogen) atoms. The largest absolute Gasteiger partial charge is 0.360 e. The van der Waals surface area contributed by atoms with Crippen molar-refractivity contribution in [3.63, 3.8) is 0 Å². The van der Waals surface area contributed by atoms with E-state index in [1.807, 2.05) is 47.3 Å². The fourth-order valence-electron chi connectivity index (χ4n) is 4.42. The molecule has 2 amide bonds. The molecule has 0 radical (unpaired) electrons. The second-order valence-electron chi connectivity index (χ2n) is 9.10. The summed E-state index contributed by atoms with van der Waals surface area (Å²) in [4.78, 5) is 31.5. The Morgan fingerprint density at radius 2 is 1.95 bits per heavy atom. The van der Waals surface area contributed by atoms with Crippen molar-refractivity contribution < 1.29 is 14.1 Å². The molecule has 9 heteroatoms. The van der Waals surface area contributed by atoms with Gasteiger partial charge in [0.25, 0.3) is 0 Å². The molecule has 0 aliphatic carbocycles. The van der Waals surface area contributed by atoms with Crippen LogP contribution in [-0.4, -0.2) is 49.7 Å². The lowest BCUT2D eigenvalue weighted by molar-refractivity contribution is -0.130. The minimum absolute atomic E-state index is 0.0843. The molecule has 1 aliphatic rings. The zero-order chi connectivity index (χ0) is 25.6. The fourth-order valence-corrected chi connectivity index (χ4v) is 4.42. The van der Waals surface area contributed by atoms with Crippen LogP contribution in [0.4, 0.5) is 5.82 Å². The summed E-state index contributed by atoms with van der Waals surface area (Å²) in [5.74, 6) is 0.709. The summed E-state index contributed by atoms with van der Waals surface area (Å²) in [5.41, 5.74) is 3.64. The third kappa shape index (κ3) is 6.00. The van der Waals surface area contributed by atoms with Gasteiger partial charge in [0.15, 0.2) is 5.82 Å². The van der Waals surface area contributed by atoms with E-state index in [0.29, 0.717) is 44.1 Å². The minimum atomic E-state index is -0.168. The van der Waals surface area contributed by atoms with Crippen LogP contribution < -0.4 is 5.32 Å². The first-order valence-electron chi connectivity index (χ1n) is 12.3. The highest BCUT2D eigenvalue weighted by atomic mass is 16.5. The van der Waals surface area contributed by atoms with Gasteiger partial charge in [-0.1, -0.05) is 35.5 Å². The minimum Gasteiger partial charge on any atom is -0.360 e. The number of pyridine rings is 1. The van der Waals surface area contributed by atoms with Crippen LogP contribution in [0.15, 0.2) is 77.7 Å². The zero-order valence-electron chi connectivity index (χ0n) is 20.6. The van der Waals surface area contributed by atoms with Crippen LogP contribution in [0.2, 0.25) is 0 Å². The molecule has 4 heterocycles. The van der Waals surface area contributed by atoms with E-state index >= 15 is 0 Å². The fraction of sp³-hybridized carbons (Fsp3) is 0.250. The summed E-state index contributed by atoms with van der Waals surface area (Å²) in [7, 11) is 0. The molecule has 0 spiro atoms. The molecular weight excluding hydrogens is 468 g/mol. The van der Waals surface area contributed by atoms with Gasteiger partial charge in [-0.15, -0.1) is 0 Å². The number of rotatable bonds is 7. The summed E-state index contributed by atoms with van der Waals surface area (Å²) in [6, 6.07) is 15.6. The van der Waals surface area contributed by atoms with Crippen LogP contribution in [-0.2, 0) is 16.1 Å². The maximum Gasteiger partial charge on any atom is 0.246 e. The standard InChI is InChI=1S/C28H28N6O3/c1-20-16-25(32-37-20)30-28(36)22-11-14-33(15-12-22)26(35)10-9-24-19-34(18-21-6-3-2-4-7-21)31-27(24)23-8-5-13-29-17-23/h2-10,13,16-17,19,22H,11-12,14-15,18H2,1H3,(H,30,32,36)/b10-9+. The van der Waals surface area contributed by atoms with E-state index in [1.54, 1.807) is 36.4 Å². The van der Waals surface area contributed by atoms with Crippen molar-refractivity contribution in [1.29, 1.82) is 0 Å². The normalized spacial score (nSPS) is 14.2. The lowest BCUT2D eigenvalue weighted by Crippen LogP contribution is -2.40. The molecular formula is C28H28N6O3. The molecule has 1 saturated heterocycles. The van der Waals surface area contributed by atoms with Gasteiger partial charge in [0.1, 0.15) is 11.5 Å². The van der Waals surface area contributed by atoms with E-state index in [-0.39, 0.29) is 17.7 Å². The van der Waals surface area contributed by atoms with Crippen molar-refractivity contribution >= 4 is 23.7 Å². The first kappa shape index (κ1) is 24.2. The number of carbonyl (C=O) groups excluding carboxylic acids is 2. The molecule has 0 bridgehead atoms. The number of nitrogens with one attached hydrogen (secondary N) is 1. The Kier molecular flexibility index (Phi) is 7.21. The van der Waals surface area contributed by atoms with Crippen molar-refractivity contribution in [2.45, 2.75) is 26.3 Å². The van der Waals surface area contributed by atoms with Crippen LogP contribution >= 0.6 is 0 Å². The van der Waals surface area contributed by atoms with Crippen LogP contribution in [0.3, 0.4) is 0 Å². The highest BCUT2D eigenvalue weighted by molar-refractivity contribution is 5.94. The molecule has 0 unspecified atom stereocenters. The Morgan fingerprint density at radius 3 is 2.65 bits per heavy atom. The van der Waals surface area contributed by atoms with Crippen LogP contribution in [0.25, 0.3) is 17.3 Å². The van der Waals surface area contributed by atoms with E-state index in [9.17, 15) is 9.59 Å². The smallest absolute Gasteiger partial charge is 0.246 e. The number of likely N-dealkylation sites (tertiary alicyclic amines) is 1. The van der Waals surface area contributed by atoms with Gasteiger partial charge in [-0.3, -0.25) is 19.3 Å². The number of carbonyl (C=O) groups is 2. The second-order valence-corrected chi connectivity index (χ2v) is 9.10. The Bertz CT molecular complexity index is 1390. The molecule has 0 atom stereocenters. The maximum atomic E-state index is 13.0. The van der Waals surface area contributed by atoms with Gasteiger partial charge >= 0.3 is 0 Å². The molecule has 3 aromatic heterocycles. The lowest BCUT2D eigenvalue weighted by atomic mass is 9.96. The number of hydrogen-bond donors (Lipinski definition) is 1. The summed E-state index contributed by atoms with van der Waals surface area (Å²) in [6.45, 7) is 3.43. The molecule has 1 aromatic carbocycles. The van der Waals surface area contributed by atoms with E-state index in [2.05, 4.69) is 27.6 Å². The third-order valence-corrected chi connectivity index (χ3v) is 6.37. The number of piperidine rings is 1. The van der Waals surface area contributed by atoms with Gasteiger partial charge in [0, 0.05) is 60.9 Å². The van der Waals surface area contributed by atoms with Crippen molar-refractivity contribution in [2.24, 2.45) is 5.92 Å². The number of amides is 2. The average Bonchev–Trinajstić information content (AvgIpc) is 3.53. The molecule has 188 valence electrons. The molecule has 1 N–H and O–H groups in total. The number of hydrogen-bond acceptors (Lipinski definition) is 6. The van der Waals surface area contributed by atoms with E-state index in [4.69, 9.17) is 9.62 Å². The van der Waals surface area contributed by atoms with Gasteiger partial charge in [0.05, 0.1) is 6.54 Å². The van der Waals surface area contributed by atoms with Crippen molar-refractivity contribution in [3.8, 4) is 11.3 Å². The number of benzene rings is 1. The monoisotopic (exact) mass is 496 g/mol. The number of anilines is 1. The Balaban J connectivity index is 1.24. The molecule has 4 aromatic rings. The van der Waals surface area contributed by atoms with E-state index in [0.717, 1.165) is 22.4 Å². The van der Waals surface area contributed by atoms with Gasteiger partial charge in [-0.05, 0) is 43.5 Å². The predicted octanol–water partition coefficient (Wildman–Crippen LogP) is 4.18. The summed E-state index contributed by atoms with van der Waals surface area (Å²) in [6.07, 6.45) is 10.0. The Labute approximate surface area is 214 Å². The molecule has 9 nitrogen and oxygen atoms in total.